The third-order valence-corrected chi connectivity index (χ3v) is 4.04. The maximum absolute atomic E-state index is 5.95. The molecule has 0 fully saturated rings. The van der Waals surface area contributed by atoms with Crippen LogP contribution in [0.15, 0.2) is 34.9 Å². The summed E-state index contributed by atoms with van der Waals surface area (Å²) in [6, 6.07) is 8.45. The monoisotopic (exact) mass is 327 g/mol. The van der Waals surface area contributed by atoms with Gasteiger partial charge >= 0.3 is 0 Å². The molecule has 1 heterocycles. The van der Waals surface area contributed by atoms with Crippen LogP contribution in [0.3, 0.4) is 0 Å². The SMILES string of the molecule is C[C@@H](NCc1ncc(Cl)n1C)c1ccccc1Br. The van der Waals surface area contributed by atoms with Crippen LogP contribution in [0.4, 0.5) is 0 Å². The molecule has 96 valence electrons. The van der Waals surface area contributed by atoms with Gasteiger partial charge in [0.2, 0.25) is 0 Å². The van der Waals surface area contributed by atoms with Gasteiger partial charge in [0.1, 0.15) is 11.0 Å². The van der Waals surface area contributed by atoms with Gasteiger partial charge in [-0.15, -0.1) is 0 Å². The smallest absolute Gasteiger partial charge is 0.128 e. The number of rotatable bonds is 4. The summed E-state index contributed by atoms with van der Waals surface area (Å²) < 4.78 is 2.99. The van der Waals surface area contributed by atoms with Crippen LogP contribution in [0.5, 0.6) is 0 Å². The molecule has 2 rings (SSSR count). The van der Waals surface area contributed by atoms with Crippen molar-refractivity contribution in [2.75, 3.05) is 0 Å². The van der Waals surface area contributed by atoms with Crippen LogP contribution in [0, 0.1) is 0 Å². The molecule has 1 N–H and O–H groups in total. The summed E-state index contributed by atoms with van der Waals surface area (Å²) in [7, 11) is 1.91. The molecule has 0 spiro atoms. The molecule has 0 saturated heterocycles. The Kier molecular flexibility index (Phi) is 4.43. The van der Waals surface area contributed by atoms with Crippen molar-refractivity contribution in [2.24, 2.45) is 7.05 Å². The van der Waals surface area contributed by atoms with Crippen molar-refractivity contribution in [3.05, 3.63) is 51.5 Å². The zero-order chi connectivity index (χ0) is 13.1. The standard InChI is InChI=1S/C13H15BrClN3/c1-9(10-5-3-4-6-11(10)14)16-8-13-17-7-12(15)18(13)2/h3-7,9,16H,8H2,1-2H3/t9-/m1/s1. The Morgan fingerprint density at radius 2 is 2.17 bits per heavy atom. The summed E-state index contributed by atoms with van der Waals surface area (Å²) in [4.78, 5) is 4.26. The van der Waals surface area contributed by atoms with Gasteiger partial charge in [-0.1, -0.05) is 45.7 Å². The van der Waals surface area contributed by atoms with Gasteiger partial charge in [-0.2, -0.15) is 0 Å². The summed E-state index contributed by atoms with van der Waals surface area (Å²) in [5.41, 5.74) is 1.23. The predicted octanol–water partition coefficient (Wildman–Crippen LogP) is 3.69. The van der Waals surface area contributed by atoms with Crippen LogP contribution in [0.25, 0.3) is 0 Å². The number of imidazole rings is 1. The number of hydrogen-bond donors (Lipinski definition) is 1. The van der Waals surface area contributed by atoms with E-state index in [-0.39, 0.29) is 6.04 Å². The fourth-order valence-electron chi connectivity index (χ4n) is 1.77. The Morgan fingerprint density at radius 3 is 2.78 bits per heavy atom. The van der Waals surface area contributed by atoms with E-state index in [2.05, 4.69) is 39.2 Å². The van der Waals surface area contributed by atoms with Gasteiger partial charge in [0.25, 0.3) is 0 Å². The number of halogens is 2. The first kappa shape index (κ1) is 13.6. The third-order valence-electron chi connectivity index (χ3n) is 2.97. The molecule has 0 aliphatic rings. The Morgan fingerprint density at radius 1 is 1.44 bits per heavy atom. The first-order valence-electron chi connectivity index (χ1n) is 5.73. The third kappa shape index (κ3) is 2.94. The van der Waals surface area contributed by atoms with E-state index in [4.69, 9.17) is 11.6 Å². The quantitative estimate of drug-likeness (QED) is 0.927. The fraction of sp³-hybridized carbons (Fsp3) is 0.308. The Balaban J connectivity index is 2.03. The average molecular weight is 329 g/mol. The number of hydrogen-bond acceptors (Lipinski definition) is 2. The van der Waals surface area contributed by atoms with E-state index < -0.39 is 0 Å². The summed E-state index contributed by atoms with van der Waals surface area (Å²) >= 11 is 9.51. The molecule has 3 nitrogen and oxygen atoms in total. The van der Waals surface area contributed by atoms with E-state index in [1.165, 1.54) is 5.56 Å². The summed E-state index contributed by atoms with van der Waals surface area (Å²) in [5, 5.41) is 4.09. The predicted molar refractivity (Wildman–Crippen MR) is 77.6 cm³/mol. The van der Waals surface area contributed by atoms with Crippen molar-refractivity contribution in [3.8, 4) is 0 Å². The second kappa shape index (κ2) is 5.87. The van der Waals surface area contributed by atoms with Crippen LogP contribution in [0.2, 0.25) is 5.15 Å². The highest BCUT2D eigenvalue weighted by Crippen LogP contribution is 2.23. The van der Waals surface area contributed by atoms with Crippen molar-refractivity contribution < 1.29 is 0 Å². The van der Waals surface area contributed by atoms with E-state index in [1.54, 1.807) is 6.20 Å². The molecular formula is C13H15BrClN3. The van der Waals surface area contributed by atoms with E-state index in [1.807, 2.05) is 29.8 Å². The fourth-order valence-corrected chi connectivity index (χ4v) is 2.54. The maximum atomic E-state index is 5.95. The minimum absolute atomic E-state index is 0.246. The molecule has 1 atom stereocenters. The van der Waals surface area contributed by atoms with Crippen molar-refractivity contribution in [1.82, 2.24) is 14.9 Å². The second-order valence-corrected chi connectivity index (χ2v) is 5.42. The molecular weight excluding hydrogens is 314 g/mol. The van der Waals surface area contributed by atoms with Gasteiger partial charge in [0.15, 0.2) is 0 Å². The lowest BCUT2D eigenvalue weighted by molar-refractivity contribution is 0.548. The Bertz CT molecular complexity index is 539. The van der Waals surface area contributed by atoms with Crippen LogP contribution in [0.1, 0.15) is 24.4 Å². The minimum atomic E-state index is 0.246. The van der Waals surface area contributed by atoms with Crippen LogP contribution < -0.4 is 5.32 Å². The molecule has 5 heteroatoms. The average Bonchev–Trinajstić information content (AvgIpc) is 2.68. The highest BCUT2D eigenvalue weighted by atomic mass is 79.9. The zero-order valence-corrected chi connectivity index (χ0v) is 12.7. The number of nitrogens with one attached hydrogen (secondary N) is 1. The van der Waals surface area contributed by atoms with Gasteiger partial charge < -0.3 is 9.88 Å². The molecule has 18 heavy (non-hydrogen) atoms. The minimum Gasteiger partial charge on any atom is -0.321 e. The normalized spacial score (nSPS) is 12.7. The highest BCUT2D eigenvalue weighted by molar-refractivity contribution is 9.10. The van der Waals surface area contributed by atoms with Crippen molar-refractivity contribution in [3.63, 3.8) is 0 Å². The van der Waals surface area contributed by atoms with Gasteiger partial charge in [-0.3, -0.25) is 0 Å². The molecule has 0 radical (unpaired) electrons. The number of benzene rings is 1. The lowest BCUT2D eigenvalue weighted by Crippen LogP contribution is -2.20. The van der Waals surface area contributed by atoms with E-state index in [0.717, 1.165) is 10.3 Å². The van der Waals surface area contributed by atoms with Crippen LogP contribution in [-0.2, 0) is 13.6 Å². The van der Waals surface area contributed by atoms with Crippen molar-refractivity contribution in [2.45, 2.75) is 19.5 Å². The molecule has 0 unspecified atom stereocenters. The molecule has 0 saturated carbocycles. The molecule has 0 aliphatic carbocycles. The highest BCUT2D eigenvalue weighted by Gasteiger charge is 2.10. The van der Waals surface area contributed by atoms with Crippen LogP contribution in [-0.4, -0.2) is 9.55 Å². The molecule has 0 amide bonds. The molecule has 2 aromatic rings. The molecule has 0 bridgehead atoms. The largest absolute Gasteiger partial charge is 0.321 e. The van der Waals surface area contributed by atoms with Crippen LogP contribution >= 0.6 is 27.5 Å². The van der Waals surface area contributed by atoms with Gasteiger partial charge in [0.05, 0.1) is 12.7 Å². The lowest BCUT2D eigenvalue weighted by Gasteiger charge is -2.15. The second-order valence-electron chi connectivity index (χ2n) is 4.18. The first-order valence-corrected chi connectivity index (χ1v) is 6.90. The van der Waals surface area contributed by atoms with Crippen molar-refractivity contribution in [1.29, 1.82) is 0 Å². The van der Waals surface area contributed by atoms with E-state index in [0.29, 0.717) is 11.7 Å². The summed E-state index contributed by atoms with van der Waals surface area (Å²) in [6.07, 6.45) is 1.67. The summed E-state index contributed by atoms with van der Waals surface area (Å²) in [6.45, 7) is 2.82. The Labute approximate surface area is 120 Å². The first-order chi connectivity index (χ1) is 8.59. The molecule has 1 aromatic carbocycles. The Hall–Kier alpha value is -0.840. The van der Waals surface area contributed by atoms with Gasteiger partial charge in [0, 0.05) is 17.6 Å². The summed E-state index contributed by atoms with van der Waals surface area (Å²) in [5.74, 6) is 0.930. The van der Waals surface area contributed by atoms with Gasteiger partial charge in [-0.25, -0.2) is 4.98 Å². The van der Waals surface area contributed by atoms with E-state index in [9.17, 15) is 0 Å². The molecule has 1 aromatic heterocycles. The van der Waals surface area contributed by atoms with Gasteiger partial charge in [-0.05, 0) is 18.6 Å². The number of aromatic nitrogens is 2. The van der Waals surface area contributed by atoms with E-state index >= 15 is 0 Å². The lowest BCUT2D eigenvalue weighted by atomic mass is 10.1. The maximum Gasteiger partial charge on any atom is 0.128 e. The number of nitrogens with zero attached hydrogens (tertiary/aromatic N) is 2. The molecule has 0 aliphatic heterocycles. The van der Waals surface area contributed by atoms with Crippen molar-refractivity contribution >= 4 is 27.5 Å². The topological polar surface area (TPSA) is 29.9 Å². The zero-order valence-electron chi connectivity index (χ0n) is 10.3.